The van der Waals surface area contributed by atoms with E-state index in [-0.39, 0.29) is 36.8 Å². The Labute approximate surface area is 196 Å². The molecule has 0 fully saturated rings. The van der Waals surface area contributed by atoms with Gasteiger partial charge in [-0.05, 0) is 19.1 Å². The second-order valence-corrected chi connectivity index (χ2v) is 7.94. The van der Waals surface area contributed by atoms with Crippen LogP contribution in [0.2, 0.25) is 20.1 Å². The zero-order valence-corrected chi connectivity index (χ0v) is 19.0. The van der Waals surface area contributed by atoms with E-state index in [0.29, 0.717) is 10.6 Å². The Kier molecular flexibility index (Phi) is 6.81. The number of rotatable bonds is 6. The second kappa shape index (κ2) is 9.04. The molecule has 0 bridgehead atoms. The number of hydrogen-bond donors (Lipinski definition) is 0. The van der Waals surface area contributed by atoms with E-state index in [1.165, 1.54) is 26.2 Å². The molecule has 31 heavy (non-hydrogen) atoms. The van der Waals surface area contributed by atoms with Crippen molar-refractivity contribution in [2.24, 2.45) is 0 Å². The van der Waals surface area contributed by atoms with Gasteiger partial charge in [-0.25, -0.2) is 4.79 Å². The molecule has 0 unspecified atom stereocenters. The quantitative estimate of drug-likeness (QED) is 0.186. The lowest BCUT2D eigenvalue weighted by atomic mass is 10.1. The van der Waals surface area contributed by atoms with E-state index >= 15 is 0 Å². The van der Waals surface area contributed by atoms with Crippen molar-refractivity contribution in [1.29, 1.82) is 0 Å². The first-order chi connectivity index (χ1) is 14.6. The lowest BCUT2D eigenvalue weighted by Gasteiger charge is -2.20. The topological polar surface area (TPSA) is 90.0 Å². The normalized spacial score (nSPS) is 13.8. The SMILES string of the molecule is COc1cccc(C(=O)COC(=O)[C@@H](C)N2C(=O)c3c(Cl)c(Cl)c(Cl)c(Cl)c3C2=O)c1. The monoisotopic (exact) mass is 503 g/mol. The maximum absolute atomic E-state index is 12.8. The number of hydrogen-bond acceptors (Lipinski definition) is 6. The van der Waals surface area contributed by atoms with Crippen molar-refractivity contribution in [2.45, 2.75) is 13.0 Å². The number of fused-ring (bicyclic) bond motifs is 1. The van der Waals surface area contributed by atoms with Crippen molar-refractivity contribution in [3.8, 4) is 5.75 Å². The van der Waals surface area contributed by atoms with Gasteiger partial charge >= 0.3 is 5.97 Å². The van der Waals surface area contributed by atoms with Crippen molar-refractivity contribution in [2.75, 3.05) is 13.7 Å². The van der Waals surface area contributed by atoms with Gasteiger partial charge in [0.25, 0.3) is 11.8 Å². The summed E-state index contributed by atoms with van der Waals surface area (Å²) in [6, 6.07) is 4.92. The number of benzene rings is 2. The number of nitrogens with zero attached hydrogens (tertiary/aromatic N) is 1. The summed E-state index contributed by atoms with van der Waals surface area (Å²) in [5.74, 6) is -2.77. The minimum Gasteiger partial charge on any atom is -0.497 e. The molecule has 2 aromatic rings. The average Bonchev–Trinajstić information content (AvgIpc) is 3.03. The second-order valence-electron chi connectivity index (χ2n) is 6.43. The fraction of sp³-hybridized carbons (Fsp3) is 0.200. The van der Waals surface area contributed by atoms with Crippen LogP contribution < -0.4 is 4.74 Å². The van der Waals surface area contributed by atoms with Crippen LogP contribution >= 0.6 is 46.4 Å². The number of imide groups is 1. The van der Waals surface area contributed by atoms with Crippen molar-refractivity contribution in [1.82, 2.24) is 4.90 Å². The third kappa shape index (κ3) is 4.11. The minimum atomic E-state index is -1.37. The Balaban J connectivity index is 1.77. The van der Waals surface area contributed by atoms with Gasteiger partial charge in [0.2, 0.25) is 0 Å². The highest BCUT2D eigenvalue weighted by molar-refractivity contribution is 6.55. The lowest BCUT2D eigenvalue weighted by Crippen LogP contribution is -2.44. The molecule has 0 aliphatic carbocycles. The van der Waals surface area contributed by atoms with Gasteiger partial charge in [0.05, 0.1) is 38.3 Å². The molecule has 0 radical (unpaired) electrons. The highest BCUT2D eigenvalue weighted by Gasteiger charge is 2.45. The molecule has 2 amide bonds. The Morgan fingerprint density at radius 1 is 0.968 bits per heavy atom. The van der Waals surface area contributed by atoms with Gasteiger partial charge in [0, 0.05) is 5.56 Å². The molecule has 7 nitrogen and oxygen atoms in total. The summed E-state index contributed by atoms with van der Waals surface area (Å²) >= 11 is 24.1. The van der Waals surface area contributed by atoms with Crippen LogP contribution in [0.5, 0.6) is 5.75 Å². The Bertz CT molecular complexity index is 1090. The standard InChI is InChI=1S/C20H13Cl4NO6/c1-8(20(29)31-7-11(26)9-4-3-5-10(6-9)30-2)25-18(27)12-13(19(25)28)15(22)17(24)16(23)14(12)21/h3-6,8H,7H2,1-2H3/t8-/m1/s1. The van der Waals surface area contributed by atoms with Gasteiger partial charge < -0.3 is 9.47 Å². The van der Waals surface area contributed by atoms with E-state index in [2.05, 4.69) is 0 Å². The number of esters is 1. The molecular weight excluding hydrogens is 492 g/mol. The van der Waals surface area contributed by atoms with Crippen LogP contribution in [-0.4, -0.2) is 48.2 Å². The zero-order chi connectivity index (χ0) is 23.0. The molecule has 162 valence electrons. The Hall–Kier alpha value is -2.32. The third-order valence-corrected chi connectivity index (χ3v) is 6.40. The summed E-state index contributed by atoms with van der Waals surface area (Å²) < 4.78 is 10.1. The van der Waals surface area contributed by atoms with Gasteiger partial charge in [0.1, 0.15) is 11.8 Å². The van der Waals surface area contributed by atoms with Gasteiger partial charge in [-0.1, -0.05) is 58.5 Å². The van der Waals surface area contributed by atoms with E-state index < -0.39 is 36.2 Å². The molecule has 0 aromatic heterocycles. The fourth-order valence-corrected chi connectivity index (χ4v) is 3.98. The molecule has 1 atom stereocenters. The molecule has 11 heteroatoms. The summed E-state index contributed by atoms with van der Waals surface area (Å²) in [6.45, 7) is 0.670. The molecular formula is C20H13Cl4NO6. The number of carbonyl (C=O) groups excluding carboxylic acids is 4. The molecule has 1 aliphatic rings. The van der Waals surface area contributed by atoms with Gasteiger partial charge in [-0.2, -0.15) is 0 Å². The molecule has 2 aromatic carbocycles. The first-order valence-corrected chi connectivity index (χ1v) is 10.2. The first-order valence-electron chi connectivity index (χ1n) is 8.67. The number of carbonyl (C=O) groups is 4. The van der Waals surface area contributed by atoms with Crippen molar-refractivity contribution in [3.63, 3.8) is 0 Å². The Morgan fingerprint density at radius 2 is 1.52 bits per heavy atom. The minimum absolute atomic E-state index is 0.186. The third-order valence-electron chi connectivity index (χ3n) is 4.60. The maximum Gasteiger partial charge on any atom is 0.329 e. The summed E-state index contributed by atoms with van der Waals surface area (Å²) in [6.07, 6.45) is 0. The summed E-state index contributed by atoms with van der Waals surface area (Å²) in [5.41, 5.74) is -0.236. The number of ketones is 1. The summed E-state index contributed by atoms with van der Waals surface area (Å²) in [5, 5.41) is -0.871. The van der Waals surface area contributed by atoms with Crippen molar-refractivity contribution < 1.29 is 28.7 Å². The van der Waals surface area contributed by atoms with E-state index in [9.17, 15) is 19.2 Å². The molecule has 1 aliphatic heterocycles. The molecule has 0 saturated heterocycles. The highest BCUT2D eigenvalue weighted by atomic mass is 35.5. The van der Waals surface area contributed by atoms with Gasteiger partial charge in [-0.15, -0.1) is 0 Å². The molecule has 1 heterocycles. The molecule has 0 saturated carbocycles. The Morgan fingerprint density at radius 3 is 2.03 bits per heavy atom. The summed E-state index contributed by atoms with van der Waals surface area (Å²) in [7, 11) is 1.45. The van der Waals surface area contributed by atoms with Crippen molar-refractivity contribution >= 4 is 70.0 Å². The predicted molar refractivity (Wildman–Crippen MR) is 115 cm³/mol. The van der Waals surface area contributed by atoms with Crippen LogP contribution in [0.25, 0.3) is 0 Å². The van der Waals surface area contributed by atoms with E-state index in [1.54, 1.807) is 12.1 Å². The number of amides is 2. The van der Waals surface area contributed by atoms with Crippen molar-refractivity contribution in [3.05, 3.63) is 61.0 Å². The van der Waals surface area contributed by atoms with Crippen LogP contribution in [0.15, 0.2) is 24.3 Å². The first kappa shape index (κ1) is 23.3. The van der Waals surface area contributed by atoms with Crippen LogP contribution in [0.3, 0.4) is 0 Å². The number of halogens is 4. The number of methoxy groups -OCH3 is 1. The predicted octanol–water partition coefficient (Wildman–Crippen LogP) is 4.72. The largest absolute Gasteiger partial charge is 0.497 e. The molecule has 3 rings (SSSR count). The average molecular weight is 505 g/mol. The number of Topliss-reactive ketones (excluding diaryl/α,β-unsaturated/α-hetero) is 1. The van der Waals surface area contributed by atoms with Crippen LogP contribution in [0.4, 0.5) is 0 Å². The zero-order valence-electron chi connectivity index (χ0n) is 16.0. The maximum atomic E-state index is 12.8. The van der Waals surface area contributed by atoms with Gasteiger partial charge in [0.15, 0.2) is 12.4 Å². The molecule has 0 N–H and O–H groups in total. The molecule has 0 spiro atoms. The highest BCUT2D eigenvalue weighted by Crippen LogP contribution is 2.45. The summed E-state index contributed by atoms with van der Waals surface area (Å²) in [4.78, 5) is 51.0. The van der Waals surface area contributed by atoms with E-state index in [0.717, 1.165) is 0 Å². The number of ether oxygens (including phenoxy) is 2. The van der Waals surface area contributed by atoms with Crippen LogP contribution in [0, 0.1) is 0 Å². The lowest BCUT2D eigenvalue weighted by molar-refractivity contribution is -0.146. The fourth-order valence-electron chi connectivity index (χ4n) is 2.96. The van der Waals surface area contributed by atoms with Crippen LogP contribution in [-0.2, 0) is 9.53 Å². The smallest absolute Gasteiger partial charge is 0.329 e. The van der Waals surface area contributed by atoms with Gasteiger partial charge in [-0.3, -0.25) is 19.3 Å². The van der Waals surface area contributed by atoms with E-state index in [1.807, 2.05) is 0 Å². The van der Waals surface area contributed by atoms with Crippen LogP contribution in [0.1, 0.15) is 38.0 Å². The van der Waals surface area contributed by atoms with E-state index in [4.69, 9.17) is 55.9 Å².